The van der Waals surface area contributed by atoms with Crippen LogP contribution < -0.4 is 5.32 Å². The van der Waals surface area contributed by atoms with Gasteiger partial charge >= 0.3 is 0 Å². The predicted octanol–water partition coefficient (Wildman–Crippen LogP) is 3.92. The number of anilines is 1. The van der Waals surface area contributed by atoms with E-state index >= 15 is 0 Å². The van der Waals surface area contributed by atoms with Crippen LogP contribution in [-0.4, -0.2) is 14.7 Å². The lowest BCUT2D eigenvalue weighted by atomic mass is 10.1. The summed E-state index contributed by atoms with van der Waals surface area (Å²) in [5.41, 5.74) is 1.51. The van der Waals surface area contributed by atoms with Crippen molar-refractivity contribution in [3.05, 3.63) is 59.1 Å². The van der Waals surface area contributed by atoms with Crippen LogP contribution in [0, 0.1) is 0 Å². The molecule has 0 aromatic heterocycles. The lowest BCUT2D eigenvalue weighted by molar-refractivity contribution is 0.602. The van der Waals surface area contributed by atoms with Crippen LogP contribution in [-0.2, 0) is 9.84 Å². The highest BCUT2D eigenvalue weighted by Crippen LogP contribution is 2.28. The second-order valence-corrected chi connectivity index (χ2v) is 7.05. The van der Waals surface area contributed by atoms with Gasteiger partial charge in [-0.2, -0.15) is 0 Å². The first-order valence-corrected chi connectivity index (χ1v) is 8.46. The van der Waals surface area contributed by atoms with Gasteiger partial charge in [-0.1, -0.05) is 41.9 Å². The third-order valence-electron chi connectivity index (χ3n) is 3.03. The molecule has 0 saturated heterocycles. The summed E-state index contributed by atoms with van der Waals surface area (Å²) < 4.78 is 23.5. The van der Waals surface area contributed by atoms with Crippen molar-refractivity contribution in [1.82, 2.24) is 0 Å². The first-order valence-electron chi connectivity index (χ1n) is 6.19. The maximum absolute atomic E-state index is 11.8. The molecular formula is C15H16ClNO2S. The second kappa shape index (κ2) is 5.85. The molecular weight excluding hydrogens is 294 g/mol. The molecule has 0 spiro atoms. The van der Waals surface area contributed by atoms with Crippen molar-refractivity contribution in [2.75, 3.05) is 11.6 Å². The largest absolute Gasteiger partial charge is 0.377 e. The minimum absolute atomic E-state index is 0.0911. The lowest BCUT2D eigenvalue weighted by Gasteiger charge is -2.18. The lowest BCUT2D eigenvalue weighted by Crippen LogP contribution is -2.10. The van der Waals surface area contributed by atoms with Gasteiger partial charge in [0.25, 0.3) is 0 Å². The van der Waals surface area contributed by atoms with Crippen LogP contribution in [0.3, 0.4) is 0 Å². The molecule has 20 heavy (non-hydrogen) atoms. The van der Waals surface area contributed by atoms with Gasteiger partial charge in [0.15, 0.2) is 9.84 Å². The minimum atomic E-state index is -3.27. The molecule has 2 rings (SSSR count). The van der Waals surface area contributed by atoms with Crippen molar-refractivity contribution < 1.29 is 8.42 Å². The second-order valence-electron chi connectivity index (χ2n) is 4.66. The molecule has 0 bridgehead atoms. The molecule has 5 heteroatoms. The molecule has 1 atom stereocenters. The van der Waals surface area contributed by atoms with Crippen LogP contribution >= 0.6 is 11.6 Å². The Morgan fingerprint density at radius 2 is 1.65 bits per heavy atom. The highest BCUT2D eigenvalue weighted by molar-refractivity contribution is 7.90. The van der Waals surface area contributed by atoms with Crippen LogP contribution in [0.15, 0.2) is 53.4 Å². The van der Waals surface area contributed by atoms with E-state index in [-0.39, 0.29) is 6.04 Å². The zero-order chi connectivity index (χ0) is 14.8. The third-order valence-corrected chi connectivity index (χ3v) is 4.53. The van der Waals surface area contributed by atoms with Gasteiger partial charge in [-0.3, -0.25) is 0 Å². The van der Waals surface area contributed by atoms with E-state index in [0.29, 0.717) is 15.6 Å². The van der Waals surface area contributed by atoms with Crippen molar-refractivity contribution in [1.29, 1.82) is 0 Å². The Labute approximate surface area is 124 Å². The predicted molar refractivity (Wildman–Crippen MR) is 83.0 cm³/mol. The monoisotopic (exact) mass is 309 g/mol. The van der Waals surface area contributed by atoms with E-state index in [9.17, 15) is 8.42 Å². The van der Waals surface area contributed by atoms with Crippen LogP contribution in [0.25, 0.3) is 0 Å². The average Bonchev–Trinajstić information content (AvgIpc) is 2.38. The number of para-hydroxylation sites is 1. The number of rotatable bonds is 4. The maximum atomic E-state index is 11.8. The molecule has 0 radical (unpaired) electrons. The van der Waals surface area contributed by atoms with E-state index in [2.05, 4.69) is 5.32 Å². The summed E-state index contributed by atoms with van der Waals surface area (Å²) in [6.07, 6.45) is 1.20. The van der Waals surface area contributed by atoms with Crippen molar-refractivity contribution >= 4 is 27.1 Å². The van der Waals surface area contributed by atoms with Crippen molar-refractivity contribution in [3.8, 4) is 0 Å². The number of sulfone groups is 1. The van der Waals surface area contributed by atoms with Crippen LogP contribution in [0.4, 0.5) is 5.69 Å². The van der Waals surface area contributed by atoms with Crippen LogP contribution in [0.1, 0.15) is 18.5 Å². The van der Waals surface area contributed by atoms with Gasteiger partial charge in [0, 0.05) is 11.3 Å². The summed E-state index contributed by atoms with van der Waals surface area (Å²) in [4.78, 5) is 0.291. The smallest absolute Gasteiger partial charge is 0.177 e. The summed E-state index contributed by atoms with van der Waals surface area (Å²) in [7, 11) is -3.27. The van der Waals surface area contributed by atoms with Gasteiger partial charge in [-0.05, 0) is 30.7 Å². The van der Waals surface area contributed by atoms with Gasteiger partial charge < -0.3 is 5.32 Å². The SMILES string of the molecule is CC(Nc1ccccc1S(C)(=O)=O)c1ccccc1Cl. The molecule has 1 N–H and O–H groups in total. The standard InChI is InChI=1S/C15H16ClNO2S/c1-11(12-7-3-4-8-13(12)16)17-14-9-5-6-10-15(14)20(2,18)19/h3-11,17H,1-2H3. The number of hydrogen-bond donors (Lipinski definition) is 1. The van der Waals surface area contributed by atoms with Gasteiger partial charge in [0.2, 0.25) is 0 Å². The van der Waals surface area contributed by atoms with Crippen molar-refractivity contribution in [2.45, 2.75) is 17.9 Å². The summed E-state index contributed by atoms with van der Waals surface area (Å²) in [6.45, 7) is 1.94. The molecule has 0 heterocycles. The van der Waals surface area contributed by atoms with Gasteiger partial charge in [0.1, 0.15) is 0 Å². The van der Waals surface area contributed by atoms with E-state index in [4.69, 9.17) is 11.6 Å². The van der Waals surface area contributed by atoms with Gasteiger partial charge in [-0.25, -0.2) is 8.42 Å². The Balaban J connectivity index is 2.34. The van der Waals surface area contributed by atoms with Crippen molar-refractivity contribution in [3.63, 3.8) is 0 Å². The average molecular weight is 310 g/mol. The maximum Gasteiger partial charge on any atom is 0.177 e. The first-order chi connectivity index (χ1) is 9.39. The Morgan fingerprint density at radius 3 is 2.30 bits per heavy atom. The Hall–Kier alpha value is -1.52. The summed E-state index contributed by atoms with van der Waals surface area (Å²) >= 11 is 6.16. The molecule has 0 amide bonds. The summed E-state index contributed by atoms with van der Waals surface area (Å²) in [5.74, 6) is 0. The minimum Gasteiger partial charge on any atom is -0.377 e. The number of hydrogen-bond acceptors (Lipinski definition) is 3. The van der Waals surface area contributed by atoms with E-state index in [1.165, 1.54) is 6.26 Å². The fraction of sp³-hybridized carbons (Fsp3) is 0.200. The van der Waals surface area contributed by atoms with Crippen LogP contribution in [0.5, 0.6) is 0 Å². The number of nitrogens with one attached hydrogen (secondary N) is 1. The quantitative estimate of drug-likeness (QED) is 0.931. The molecule has 106 valence electrons. The normalized spacial score (nSPS) is 12.9. The summed E-state index contributed by atoms with van der Waals surface area (Å²) in [6, 6.07) is 14.3. The third kappa shape index (κ3) is 3.32. The molecule has 1 unspecified atom stereocenters. The highest BCUT2D eigenvalue weighted by Gasteiger charge is 2.15. The highest BCUT2D eigenvalue weighted by atomic mass is 35.5. The van der Waals surface area contributed by atoms with Crippen LogP contribution in [0.2, 0.25) is 5.02 Å². The summed E-state index contributed by atoms with van der Waals surface area (Å²) in [5, 5.41) is 3.87. The van der Waals surface area contributed by atoms with E-state index < -0.39 is 9.84 Å². The zero-order valence-corrected chi connectivity index (χ0v) is 12.9. The van der Waals surface area contributed by atoms with Crippen molar-refractivity contribution in [2.24, 2.45) is 0 Å². The first kappa shape index (κ1) is 14.9. The molecule has 0 aliphatic heterocycles. The fourth-order valence-electron chi connectivity index (χ4n) is 2.05. The number of benzene rings is 2. The Kier molecular flexibility index (Phi) is 4.35. The Morgan fingerprint density at radius 1 is 1.05 bits per heavy atom. The number of halogens is 1. The fourth-order valence-corrected chi connectivity index (χ4v) is 3.20. The molecule has 2 aromatic rings. The molecule has 3 nitrogen and oxygen atoms in total. The molecule has 0 fully saturated rings. The molecule has 0 aliphatic rings. The van der Waals surface area contributed by atoms with E-state index in [1.54, 1.807) is 24.3 Å². The topological polar surface area (TPSA) is 46.2 Å². The molecule has 2 aromatic carbocycles. The molecule has 0 saturated carbocycles. The van der Waals surface area contributed by atoms with E-state index in [0.717, 1.165) is 5.56 Å². The van der Waals surface area contributed by atoms with Gasteiger partial charge in [-0.15, -0.1) is 0 Å². The molecule has 0 aliphatic carbocycles. The van der Waals surface area contributed by atoms with Gasteiger partial charge in [0.05, 0.1) is 16.6 Å². The van der Waals surface area contributed by atoms with E-state index in [1.807, 2.05) is 31.2 Å². The Bertz CT molecular complexity index is 713. The zero-order valence-electron chi connectivity index (χ0n) is 11.3.